The number of aromatic nitrogens is 3. The van der Waals surface area contributed by atoms with Gasteiger partial charge in [-0.2, -0.15) is 0 Å². The molecular weight excluding hydrogens is 234 g/mol. The number of thiazole rings is 1. The van der Waals surface area contributed by atoms with Crippen LogP contribution in [0.5, 0.6) is 0 Å². The van der Waals surface area contributed by atoms with E-state index >= 15 is 0 Å². The molecule has 17 heavy (non-hydrogen) atoms. The minimum absolute atomic E-state index is 0.753. The summed E-state index contributed by atoms with van der Waals surface area (Å²) in [6.45, 7) is 5.59. The maximum Gasteiger partial charge on any atom is 0.144 e. The molecule has 0 amide bonds. The van der Waals surface area contributed by atoms with Crippen molar-refractivity contribution >= 4 is 11.3 Å². The molecule has 2 rings (SSSR count). The van der Waals surface area contributed by atoms with Gasteiger partial charge in [0.25, 0.3) is 0 Å². The molecule has 0 atom stereocenters. The van der Waals surface area contributed by atoms with Gasteiger partial charge in [-0.15, -0.1) is 11.3 Å². The van der Waals surface area contributed by atoms with E-state index in [1.807, 2.05) is 6.92 Å². The van der Waals surface area contributed by atoms with E-state index in [9.17, 15) is 5.11 Å². The second-order valence-corrected chi connectivity index (χ2v) is 5.30. The maximum atomic E-state index is 10.1. The van der Waals surface area contributed by atoms with Crippen LogP contribution in [0.2, 0.25) is 0 Å². The van der Waals surface area contributed by atoms with Crippen LogP contribution in [0.1, 0.15) is 31.3 Å². The monoisotopic (exact) mass is 249 g/mol. The lowest BCUT2D eigenvalue weighted by Gasteiger charge is -2.15. The lowest BCUT2D eigenvalue weighted by molar-refractivity contribution is 0.0814. The molecule has 1 N–H and O–H groups in total. The largest absolute Gasteiger partial charge is 0.385 e. The van der Waals surface area contributed by atoms with Crippen LogP contribution >= 0.6 is 11.3 Å². The molecule has 0 aliphatic carbocycles. The SMILES string of the molecule is CCc1nc(-c2cnccn2)sc1C(C)(C)O. The Kier molecular flexibility index (Phi) is 3.22. The van der Waals surface area contributed by atoms with Gasteiger partial charge in [0.05, 0.1) is 22.4 Å². The fourth-order valence-corrected chi connectivity index (χ4v) is 2.71. The molecule has 0 bridgehead atoms. The molecule has 0 fully saturated rings. The second kappa shape index (κ2) is 4.50. The minimum atomic E-state index is -0.858. The number of hydrogen-bond acceptors (Lipinski definition) is 5. The van der Waals surface area contributed by atoms with Crippen LogP contribution in [0.25, 0.3) is 10.7 Å². The molecule has 2 heterocycles. The summed E-state index contributed by atoms with van der Waals surface area (Å²) in [6.07, 6.45) is 5.77. The van der Waals surface area contributed by atoms with Crippen molar-refractivity contribution in [1.82, 2.24) is 15.0 Å². The van der Waals surface area contributed by atoms with Gasteiger partial charge in [0.1, 0.15) is 10.7 Å². The van der Waals surface area contributed by atoms with Crippen molar-refractivity contribution in [3.63, 3.8) is 0 Å². The standard InChI is InChI=1S/C12H15N3OS/c1-4-8-10(12(2,3)16)17-11(15-8)9-7-13-5-6-14-9/h5-7,16H,4H2,1-3H3. The van der Waals surface area contributed by atoms with Gasteiger partial charge in [-0.25, -0.2) is 4.98 Å². The van der Waals surface area contributed by atoms with Crippen LogP contribution < -0.4 is 0 Å². The van der Waals surface area contributed by atoms with Crippen molar-refractivity contribution in [1.29, 1.82) is 0 Å². The molecule has 90 valence electrons. The Morgan fingerprint density at radius 3 is 2.59 bits per heavy atom. The zero-order valence-electron chi connectivity index (χ0n) is 10.1. The van der Waals surface area contributed by atoms with E-state index in [2.05, 4.69) is 15.0 Å². The normalized spacial score (nSPS) is 11.8. The Morgan fingerprint density at radius 1 is 1.35 bits per heavy atom. The average molecular weight is 249 g/mol. The van der Waals surface area contributed by atoms with E-state index < -0.39 is 5.60 Å². The zero-order valence-corrected chi connectivity index (χ0v) is 11.0. The number of aliphatic hydroxyl groups is 1. The van der Waals surface area contributed by atoms with Crippen molar-refractivity contribution in [3.05, 3.63) is 29.2 Å². The van der Waals surface area contributed by atoms with Gasteiger partial charge in [0.2, 0.25) is 0 Å². The molecule has 0 unspecified atom stereocenters. The first-order valence-electron chi connectivity index (χ1n) is 5.51. The fraction of sp³-hybridized carbons (Fsp3) is 0.417. The highest BCUT2D eigenvalue weighted by atomic mass is 32.1. The second-order valence-electron chi connectivity index (χ2n) is 4.30. The van der Waals surface area contributed by atoms with Gasteiger partial charge in [0, 0.05) is 12.4 Å². The van der Waals surface area contributed by atoms with Crippen LogP contribution in [0.3, 0.4) is 0 Å². The van der Waals surface area contributed by atoms with E-state index in [-0.39, 0.29) is 0 Å². The molecule has 0 spiro atoms. The summed E-state index contributed by atoms with van der Waals surface area (Å²) >= 11 is 1.48. The first kappa shape index (κ1) is 12.1. The highest BCUT2D eigenvalue weighted by molar-refractivity contribution is 7.15. The van der Waals surface area contributed by atoms with Crippen molar-refractivity contribution in [2.45, 2.75) is 32.8 Å². The van der Waals surface area contributed by atoms with Crippen molar-refractivity contribution < 1.29 is 5.11 Å². The molecule has 0 radical (unpaired) electrons. The summed E-state index contributed by atoms with van der Waals surface area (Å²) in [7, 11) is 0. The van der Waals surface area contributed by atoms with Crippen LogP contribution in [0.15, 0.2) is 18.6 Å². The molecule has 0 saturated heterocycles. The summed E-state index contributed by atoms with van der Waals surface area (Å²) in [5.74, 6) is 0. The van der Waals surface area contributed by atoms with E-state index in [0.29, 0.717) is 0 Å². The zero-order chi connectivity index (χ0) is 12.5. The predicted molar refractivity (Wildman–Crippen MR) is 67.8 cm³/mol. The number of nitrogens with zero attached hydrogens (tertiary/aromatic N) is 3. The summed E-state index contributed by atoms with van der Waals surface area (Å²) in [5.41, 5.74) is 0.828. The summed E-state index contributed by atoms with van der Waals surface area (Å²) in [4.78, 5) is 13.7. The number of rotatable bonds is 3. The Balaban J connectivity index is 2.49. The molecule has 0 aliphatic rings. The summed E-state index contributed by atoms with van der Waals surface area (Å²) in [5, 5.41) is 10.9. The van der Waals surface area contributed by atoms with E-state index in [0.717, 1.165) is 27.7 Å². The Bertz CT molecular complexity index is 502. The molecule has 4 nitrogen and oxygen atoms in total. The third-order valence-corrected chi connectivity index (χ3v) is 3.80. The first-order valence-corrected chi connectivity index (χ1v) is 6.33. The topological polar surface area (TPSA) is 58.9 Å². The fourth-order valence-electron chi connectivity index (χ4n) is 1.59. The molecule has 2 aromatic rings. The van der Waals surface area contributed by atoms with Crippen molar-refractivity contribution in [3.8, 4) is 10.7 Å². The molecule has 2 aromatic heterocycles. The van der Waals surface area contributed by atoms with Gasteiger partial charge in [-0.1, -0.05) is 6.92 Å². The van der Waals surface area contributed by atoms with Gasteiger partial charge >= 0.3 is 0 Å². The van der Waals surface area contributed by atoms with Crippen LogP contribution in [0.4, 0.5) is 0 Å². The summed E-state index contributed by atoms with van der Waals surface area (Å²) < 4.78 is 0. The van der Waals surface area contributed by atoms with Crippen molar-refractivity contribution in [2.24, 2.45) is 0 Å². The minimum Gasteiger partial charge on any atom is -0.385 e. The molecule has 0 saturated carbocycles. The number of aryl methyl sites for hydroxylation is 1. The Hall–Kier alpha value is -1.33. The third-order valence-electron chi connectivity index (χ3n) is 2.37. The van der Waals surface area contributed by atoms with Gasteiger partial charge in [-0.05, 0) is 20.3 Å². The Labute approximate surface area is 104 Å². The quantitative estimate of drug-likeness (QED) is 0.907. The van der Waals surface area contributed by atoms with Crippen LogP contribution in [-0.4, -0.2) is 20.1 Å². The van der Waals surface area contributed by atoms with E-state index in [1.165, 1.54) is 11.3 Å². The highest BCUT2D eigenvalue weighted by Gasteiger charge is 2.24. The van der Waals surface area contributed by atoms with Gasteiger partial charge in [-0.3, -0.25) is 9.97 Å². The number of hydrogen-bond donors (Lipinski definition) is 1. The van der Waals surface area contributed by atoms with Gasteiger partial charge < -0.3 is 5.11 Å². The molecule has 0 aliphatic heterocycles. The van der Waals surface area contributed by atoms with E-state index in [1.54, 1.807) is 32.4 Å². The highest BCUT2D eigenvalue weighted by Crippen LogP contribution is 2.34. The van der Waals surface area contributed by atoms with E-state index in [4.69, 9.17) is 0 Å². The maximum absolute atomic E-state index is 10.1. The smallest absolute Gasteiger partial charge is 0.144 e. The lowest BCUT2D eigenvalue weighted by Crippen LogP contribution is -2.15. The molecule has 0 aromatic carbocycles. The van der Waals surface area contributed by atoms with Crippen LogP contribution in [0, 0.1) is 0 Å². The van der Waals surface area contributed by atoms with Crippen LogP contribution in [-0.2, 0) is 12.0 Å². The first-order chi connectivity index (χ1) is 8.02. The Morgan fingerprint density at radius 2 is 2.12 bits per heavy atom. The summed E-state index contributed by atoms with van der Waals surface area (Å²) in [6, 6.07) is 0. The molecule has 5 heteroatoms. The lowest BCUT2D eigenvalue weighted by atomic mass is 10.1. The predicted octanol–water partition coefficient (Wildman–Crippen LogP) is 2.39. The van der Waals surface area contributed by atoms with Crippen molar-refractivity contribution in [2.75, 3.05) is 0 Å². The molecular formula is C12H15N3OS. The van der Waals surface area contributed by atoms with Gasteiger partial charge in [0.15, 0.2) is 0 Å². The average Bonchev–Trinajstić information content (AvgIpc) is 2.74. The third kappa shape index (κ3) is 2.50.